The molecule has 4 rings (SSSR count). The van der Waals surface area contributed by atoms with Crippen molar-refractivity contribution in [2.75, 3.05) is 32.8 Å². The SMILES string of the molecule is CCOc1ccccc1C(=O)N1CCN(C(=O)C2CC3CCCCC3N2)CC1. The molecule has 0 aromatic heterocycles. The van der Waals surface area contributed by atoms with Gasteiger partial charge in [-0.1, -0.05) is 25.0 Å². The summed E-state index contributed by atoms with van der Waals surface area (Å²) < 4.78 is 5.60. The zero-order chi connectivity index (χ0) is 19.5. The summed E-state index contributed by atoms with van der Waals surface area (Å²) in [6.07, 6.45) is 6.01. The molecule has 2 amide bonds. The number of hydrogen-bond acceptors (Lipinski definition) is 4. The van der Waals surface area contributed by atoms with Gasteiger partial charge in [-0.15, -0.1) is 0 Å². The van der Waals surface area contributed by atoms with Gasteiger partial charge in [0, 0.05) is 32.2 Å². The zero-order valence-corrected chi connectivity index (χ0v) is 16.7. The third-order valence-corrected chi connectivity index (χ3v) is 6.46. The molecule has 1 aliphatic carbocycles. The number of hydrogen-bond donors (Lipinski definition) is 1. The fourth-order valence-corrected chi connectivity index (χ4v) is 4.96. The van der Waals surface area contributed by atoms with E-state index in [-0.39, 0.29) is 17.9 Å². The highest BCUT2D eigenvalue weighted by molar-refractivity contribution is 5.97. The minimum absolute atomic E-state index is 0.0128. The topological polar surface area (TPSA) is 61.9 Å². The van der Waals surface area contributed by atoms with Gasteiger partial charge >= 0.3 is 0 Å². The second-order valence-electron chi connectivity index (χ2n) is 8.15. The first-order valence-corrected chi connectivity index (χ1v) is 10.7. The van der Waals surface area contributed by atoms with E-state index in [1.54, 1.807) is 0 Å². The van der Waals surface area contributed by atoms with Crippen molar-refractivity contribution in [3.8, 4) is 5.75 Å². The van der Waals surface area contributed by atoms with E-state index in [1.807, 2.05) is 41.0 Å². The third-order valence-electron chi connectivity index (χ3n) is 6.46. The van der Waals surface area contributed by atoms with E-state index < -0.39 is 0 Å². The van der Waals surface area contributed by atoms with Crippen LogP contribution in [-0.4, -0.2) is 66.5 Å². The van der Waals surface area contributed by atoms with Crippen molar-refractivity contribution in [2.45, 2.75) is 51.1 Å². The van der Waals surface area contributed by atoms with Crippen LogP contribution in [0.4, 0.5) is 0 Å². The number of amides is 2. The molecule has 3 aliphatic rings. The van der Waals surface area contributed by atoms with Gasteiger partial charge in [0.1, 0.15) is 5.75 Å². The van der Waals surface area contributed by atoms with Crippen LogP contribution in [0, 0.1) is 5.92 Å². The lowest BCUT2D eigenvalue weighted by Gasteiger charge is -2.36. The number of fused-ring (bicyclic) bond motifs is 1. The molecule has 6 nitrogen and oxygen atoms in total. The maximum Gasteiger partial charge on any atom is 0.257 e. The standard InChI is InChI=1S/C22H31N3O3/c1-2-28-20-10-6-4-8-17(20)21(26)24-11-13-25(14-12-24)22(27)19-15-16-7-3-5-9-18(16)23-19/h4,6,8,10,16,18-19,23H,2-3,5,7,9,11-15H2,1H3. The molecule has 3 atom stereocenters. The highest BCUT2D eigenvalue weighted by atomic mass is 16.5. The molecule has 0 bridgehead atoms. The van der Waals surface area contributed by atoms with Crippen LogP contribution in [0.25, 0.3) is 0 Å². The Balaban J connectivity index is 1.33. The van der Waals surface area contributed by atoms with Crippen LogP contribution in [-0.2, 0) is 4.79 Å². The van der Waals surface area contributed by atoms with Crippen LogP contribution in [0.2, 0.25) is 0 Å². The molecule has 0 spiro atoms. The zero-order valence-electron chi connectivity index (χ0n) is 16.7. The van der Waals surface area contributed by atoms with Crippen molar-refractivity contribution >= 4 is 11.8 Å². The lowest BCUT2D eigenvalue weighted by molar-refractivity contribution is -0.134. The quantitative estimate of drug-likeness (QED) is 0.864. The average Bonchev–Trinajstić information content (AvgIpc) is 3.18. The number of carbonyl (C=O) groups excluding carboxylic acids is 2. The number of benzene rings is 1. The van der Waals surface area contributed by atoms with Crippen LogP contribution in [0.3, 0.4) is 0 Å². The highest BCUT2D eigenvalue weighted by Crippen LogP contribution is 2.33. The van der Waals surface area contributed by atoms with E-state index in [1.165, 1.54) is 25.7 Å². The summed E-state index contributed by atoms with van der Waals surface area (Å²) >= 11 is 0. The lowest BCUT2D eigenvalue weighted by Crippen LogP contribution is -2.54. The maximum absolute atomic E-state index is 13.0. The molecule has 0 radical (unpaired) electrons. The molecule has 1 aromatic rings. The molecule has 2 heterocycles. The fraction of sp³-hybridized carbons (Fsp3) is 0.636. The van der Waals surface area contributed by atoms with Crippen LogP contribution < -0.4 is 10.1 Å². The van der Waals surface area contributed by atoms with Gasteiger partial charge in [0.15, 0.2) is 0 Å². The Kier molecular flexibility index (Phi) is 5.85. The second kappa shape index (κ2) is 8.52. The Morgan fingerprint density at radius 2 is 1.79 bits per heavy atom. The maximum atomic E-state index is 13.0. The first-order valence-electron chi connectivity index (χ1n) is 10.7. The fourth-order valence-electron chi connectivity index (χ4n) is 4.96. The van der Waals surface area contributed by atoms with Crippen LogP contribution in [0.1, 0.15) is 49.4 Å². The molecular weight excluding hydrogens is 354 g/mol. The normalized spacial score (nSPS) is 27.4. The van der Waals surface area contributed by atoms with Crippen molar-refractivity contribution in [1.29, 1.82) is 0 Å². The molecule has 1 N–H and O–H groups in total. The highest BCUT2D eigenvalue weighted by Gasteiger charge is 2.40. The summed E-state index contributed by atoms with van der Waals surface area (Å²) in [6, 6.07) is 7.89. The van der Waals surface area contributed by atoms with Crippen LogP contribution >= 0.6 is 0 Å². The molecular formula is C22H31N3O3. The van der Waals surface area contributed by atoms with Gasteiger partial charge in [-0.2, -0.15) is 0 Å². The number of para-hydroxylation sites is 1. The summed E-state index contributed by atoms with van der Waals surface area (Å²) in [5, 5.41) is 3.58. The molecule has 2 saturated heterocycles. The third kappa shape index (κ3) is 3.88. The first-order chi connectivity index (χ1) is 13.7. The van der Waals surface area contributed by atoms with Gasteiger partial charge in [0.25, 0.3) is 5.91 Å². The van der Waals surface area contributed by atoms with Crippen molar-refractivity contribution in [1.82, 2.24) is 15.1 Å². The second-order valence-corrected chi connectivity index (χ2v) is 8.15. The number of nitrogens with one attached hydrogen (secondary N) is 1. The summed E-state index contributed by atoms with van der Waals surface area (Å²) in [4.78, 5) is 29.7. The summed E-state index contributed by atoms with van der Waals surface area (Å²) in [6.45, 7) is 4.81. The summed E-state index contributed by atoms with van der Waals surface area (Å²) in [5.74, 6) is 1.50. The number of carbonyl (C=O) groups is 2. The average molecular weight is 386 g/mol. The Hall–Kier alpha value is -2.08. The molecule has 3 unspecified atom stereocenters. The Labute approximate surface area is 167 Å². The minimum atomic E-state index is -0.0333. The van der Waals surface area contributed by atoms with Crippen LogP contribution in [0.15, 0.2) is 24.3 Å². The van der Waals surface area contributed by atoms with Gasteiger partial charge in [0.05, 0.1) is 18.2 Å². The van der Waals surface area contributed by atoms with E-state index in [0.29, 0.717) is 56.1 Å². The monoisotopic (exact) mass is 385 g/mol. The number of rotatable bonds is 4. The van der Waals surface area contributed by atoms with Crippen molar-refractivity contribution in [2.24, 2.45) is 5.92 Å². The Bertz CT molecular complexity index is 701. The number of piperazine rings is 1. The molecule has 2 aliphatic heterocycles. The van der Waals surface area contributed by atoms with Gasteiger partial charge in [0.2, 0.25) is 5.91 Å². The van der Waals surface area contributed by atoms with E-state index in [4.69, 9.17) is 4.74 Å². The molecule has 1 aromatic carbocycles. The number of nitrogens with zero attached hydrogens (tertiary/aromatic N) is 2. The van der Waals surface area contributed by atoms with Crippen molar-refractivity contribution in [3.05, 3.63) is 29.8 Å². The molecule has 3 fully saturated rings. The first kappa shape index (κ1) is 19.2. The minimum Gasteiger partial charge on any atom is -0.493 e. The molecule has 152 valence electrons. The van der Waals surface area contributed by atoms with Crippen molar-refractivity contribution < 1.29 is 14.3 Å². The van der Waals surface area contributed by atoms with E-state index >= 15 is 0 Å². The van der Waals surface area contributed by atoms with Gasteiger partial charge in [-0.3, -0.25) is 9.59 Å². The van der Waals surface area contributed by atoms with Gasteiger partial charge in [-0.05, 0) is 44.2 Å². The van der Waals surface area contributed by atoms with E-state index in [9.17, 15) is 9.59 Å². The smallest absolute Gasteiger partial charge is 0.257 e. The molecule has 28 heavy (non-hydrogen) atoms. The van der Waals surface area contributed by atoms with Gasteiger partial charge in [-0.25, -0.2) is 0 Å². The van der Waals surface area contributed by atoms with E-state index in [2.05, 4.69) is 5.32 Å². The molecule has 6 heteroatoms. The van der Waals surface area contributed by atoms with Crippen LogP contribution in [0.5, 0.6) is 5.75 Å². The lowest BCUT2D eigenvalue weighted by atomic mass is 9.85. The predicted molar refractivity (Wildman–Crippen MR) is 107 cm³/mol. The largest absolute Gasteiger partial charge is 0.493 e. The summed E-state index contributed by atoms with van der Waals surface area (Å²) in [5.41, 5.74) is 0.602. The Morgan fingerprint density at radius 1 is 1.07 bits per heavy atom. The predicted octanol–water partition coefficient (Wildman–Crippen LogP) is 2.29. The Morgan fingerprint density at radius 3 is 2.54 bits per heavy atom. The van der Waals surface area contributed by atoms with E-state index in [0.717, 1.165) is 6.42 Å². The van der Waals surface area contributed by atoms with Gasteiger partial charge < -0.3 is 19.9 Å². The summed E-state index contributed by atoms with van der Waals surface area (Å²) in [7, 11) is 0. The molecule has 1 saturated carbocycles. The number of ether oxygens (including phenoxy) is 1. The van der Waals surface area contributed by atoms with Crippen molar-refractivity contribution in [3.63, 3.8) is 0 Å².